The number of nitrogens with two attached hydrogens (primary N) is 1. The number of carbonyl (C=O) groups excluding carboxylic acids is 2. The number of carbonyl (C=O) groups is 2. The molecule has 4 N–H and O–H groups in total. The van der Waals surface area contributed by atoms with Gasteiger partial charge in [-0.2, -0.15) is 0 Å². The van der Waals surface area contributed by atoms with E-state index < -0.39 is 0 Å². The first kappa shape index (κ1) is 17.5. The molecule has 1 aromatic carbocycles. The summed E-state index contributed by atoms with van der Waals surface area (Å²) in [6, 6.07) is 11.2. The molecular weight excluding hydrogens is 304 g/mol. The first-order valence-corrected chi connectivity index (χ1v) is 7.91. The number of nitrogen functional groups attached to an aromatic ring is 1. The largest absolute Gasteiger partial charge is 0.399 e. The Hall–Kier alpha value is -2.89. The third-order valence-corrected chi connectivity index (χ3v) is 3.56. The summed E-state index contributed by atoms with van der Waals surface area (Å²) < 4.78 is 0. The van der Waals surface area contributed by atoms with Crippen LogP contribution in [0.1, 0.15) is 24.0 Å². The van der Waals surface area contributed by atoms with E-state index in [9.17, 15) is 9.59 Å². The lowest BCUT2D eigenvalue weighted by Crippen LogP contribution is -2.30. The van der Waals surface area contributed by atoms with Gasteiger partial charge in [0, 0.05) is 44.0 Å². The molecule has 1 aromatic heterocycles. The minimum atomic E-state index is -0.105. The Morgan fingerprint density at radius 2 is 1.79 bits per heavy atom. The summed E-state index contributed by atoms with van der Waals surface area (Å²) in [7, 11) is 0. The normalized spacial score (nSPS) is 10.2. The van der Waals surface area contributed by atoms with Gasteiger partial charge >= 0.3 is 0 Å². The number of anilines is 1. The van der Waals surface area contributed by atoms with E-state index >= 15 is 0 Å². The third-order valence-electron chi connectivity index (χ3n) is 3.56. The summed E-state index contributed by atoms with van der Waals surface area (Å²) in [5, 5.41) is 5.54. The van der Waals surface area contributed by atoms with Gasteiger partial charge in [0.25, 0.3) is 0 Å². The van der Waals surface area contributed by atoms with Crippen molar-refractivity contribution in [3.8, 4) is 0 Å². The van der Waals surface area contributed by atoms with Crippen molar-refractivity contribution >= 4 is 17.5 Å². The molecule has 0 atom stereocenters. The van der Waals surface area contributed by atoms with E-state index in [1.54, 1.807) is 12.4 Å². The van der Waals surface area contributed by atoms with Crippen LogP contribution in [0.4, 0.5) is 5.69 Å². The second-order valence-corrected chi connectivity index (χ2v) is 5.44. The number of nitrogens with zero attached hydrogens (tertiary/aromatic N) is 1. The summed E-state index contributed by atoms with van der Waals surface area (Å²) in [5.41, 5.74) is 8.43. The molecule has 2 rings (SSSR count). The Morgan fingerprint density at radius 1 is 1.00 bits per heavy atom. The molecule has 6 nitrogen and oxygen atoms in total. The predicted octanol–water partition coefficient (Wildman–Crippen LogP) is 1.42. The van der Waals surface area contributed by atoms with Crippen LogP contribution in [0.3, 0.4) is 0 Å². The molecule has 6 heteroatoms. The van der Waals surface area contributed by atoms with E-state index in [-0.39, 0.29) is 18.2 Å². The number of aryl methyl sites for hydroxylation is 1. The first-order valence-electron chi connectivity index (χ1n) is 7.91. The highest BCUT2D eigenvalue weighted by Gasteiger charge is 2.06. The number of amides is 2. The quantitative estimate of drug-likeness (QED) is 0.639. The highest BCUT2D eigenvalue weighted by molar-refractivity contribution is 5.79. The Labute approximate surface area is 141 Å². The highest BCUT2D eigenvalue weighted by Crippen LogP contribution is 2.12. The van der Waals surface area contributed by atoms with Crippen LogP contribution in [0.2, 0.25) is 0 Å². The van der Waals surface area contributed by atoms with Gasteiger partial charge in [0.2, 0.25) is 11.8 Å². The van der Waals surface area contributed by atoms with E-state index in [0.717, 1.165) is 11.1 Å². The number of benzene rings is 1. The molecule has 0 aliphatic carbocycles. The van der Waals surface area contributed by atoms with E-state index in [1.807, 2.05) is 36.4 Å². The lowest BCUT2D eigenvalue weighted by molar-refractivity contribution is -0.122. The second kappa shape index (κ2) is 9.29. The van der Waals surface area contributed by atoms with Gasteiger partial charge in [0.05, 0.1) is 0 Å². The van der Waals surface area contributed by atoms with Crippen LogP contribution in [0.15, 0.2) is 48.8 Å². The second-order valence-electron chi connectivity index (χ2n) is 5.44. The Morgan fingerprint density at radius 3 is 2.54 bits per heavy atom. The van der Waals surface area contributed by atoms with Crippen molar-refractivity contribution in [2.45, 2.75) is 25.8 Å². The zero-order chi connectivity index (χ0) is 17.2. The molecule has 0 aliphatic heterocycles. The van der Waals surface area contributed by atoms with Crippen molar-refractivity contribution in [1.29, 1.82) is 0 Å². The maximum Gasteiger partial charge on any atom is 0.222 e. The van der Waals surface area contributed by atoms with Crippen molar-refractivity contribution in [1.82, 2.24) is 15.6 Å². The first-order chi connectivity index (χ1) is 11.6. The molecule has 24 heavy (non-hydrogen) atoms. The molecule has 0 radical (unpaired) electrons. The van der Waals surface area contributed by atoms with Crippen molar-refractivity contribution in [3.63, 3.8) is 0 Å². The fraction of sp³-hybridized carbons (Fsp3) is 0.278. The van der Waals surface area contributed by atoms with E-state index in [2.05, 4.69) is 15.6 Å². The minimum absolute atomic E-state index is 0.0849. The van der Waals surface area contributed by atoms with Gasteiger partial charge in [-0.15, -0.1) is 0 Å². The molecule has 0 spiro atoms. The maximum absolute atomic E-state index is 11.8. The summed E-state index contributed by atoms with van der Waals surface area (Å²) in [6.07, 6.45) is 4.58. The van der Waals surface area contributed by atoms with Crippen LogP contribution in [-0.4, -0.2) is 23.3 Å². The highest BCUT2D eigenvalue weighted by atomic mass is 16.2. The fourth-order valence-corrected chi connectivity index (χ4v) is 2.21. The summed E-state index contributed by atoms with van der Waals surface area (Å²) in [4.78, 5) is 27.5. The van der Waals surface area contributed by atoms with E-state index in [4.69, 9.17) is 5.73 Å². The topological polar surface area (TPSA) is 97.1 Å². The molecule has 0 fully saturated rings. The number of hydrogen-bond donors (Lipinski definition) is 3. The monoisotopic (exact) mass is 326 g/mol. The third kappa shape index (κ3) is 6.08. The van der Waals surface area contributed by atoms with Crippen LogP contribution >= 0.6 is 0 Å². The van der Waals surface area contributed by atoms with Crippen LogP contribution < -0.4 is 16.4 Å². The molecule has 1 heterocycles. The number of rotatable bonds is 8. The van der Waals surface area contributed by atoms with Gasteiger partial charge in [-0.25, -0.2) is 0 Å². The fourth-order valence-electron chi connectivity index (χ4n) is 2.21. The van der Waals surface area contributed by atoms with Crippen LogP contribution in [-0.2, 0) is 22.6 Å². The molecule has 2 amide bonds. The average molecular weight is 326 g/mol. The van der Waals surface area contributed by atoms with Crippen molar-refractivity contribution in [2.75, 3.05) is 12.3 Å². The molecule has 126 valence electrons. The molecular formula is C18H22N4O2. The van der Waals surface area contributed by atoms with Gasteiger partial charge < -0.3 is 16.4 Å². The number of aromatic nitrogens is 1. The van der Waals surface area contributed by atoms with Gasteiger partial charge in [-0.3, -0.25) is 14.6 Å². The summed E-state index contributed by atoms with van der Waals surface area (Å²) >= 11 is 0. The molecule has 0 saturated heterocycles. The van der Waals surface area contributed by atoms with Gasteiger partial charge in [-0.05, 0) is 29.7 Å². The van der Waals surface area contributed by atoms with Crippen LogP contribution in [0.5, 0.6) is 0 Å². The zero-order valence-electron chi connectivity index (χ0n) is 13.5. The molecule has 0 saturated carbocycles. The summed E-state index contributed by atoms with van der Waals surface area (Å²) in [5.74, 6) is -0.190. The summed E-state index contributed by atoms with van der Waals surface area (Å²) in [6.45, 7) is 0.760. The number of pyridine rings is 1. The molecule has 0 aliphatic rings. The van der Waals surface area contributed by atoms with E-state index in [1.165, 1.54) is 0 Å². The van der Waals surface area contributed by atoms with Crippen LogP contribution in [0, 0.1) is 0 Å². The SMILES string of the molecule is Nc1ccccc1CCC(=O)NCCC(=O)NCc1cccnc1. The Kier molecular flexibility index (Phi) is 6.76. The standard InChI is InChI=1S/C18H22N4O2/c19-16-6-2-1-5-15(16)7-8-17(23)21-11-9-18(24)22-13-14-4-3-10-20-12-14/h1-6,10,12H,7-9,11,13,19H2,(H,21,23)(H,22,24). The molecule has 0 unspecified atom stereocenters. The number of hydrogen-bond acceptors (Lipinski definition) is 4. The van der Waals surface area contributed by atoms with Crippen molar-refractivity contribution in [2.24, 2.45) is 0 Å². The zero-order valence-corrected chi connectivity index (χ0v) is 13.5. The van der Waals surface area contributed by atoms with Gasteiger partial charge in [-0.1, -0.05) is 24.3 Å². The van der Waals surface area contributed by atoms with Gasteiger partial charge in [0.1, 0.15) is 0 Å². The Bertz CT molecular complexity index is 674. The molecule has 2 aromatic rings. The van der Waals surface area contributed by atoms with Crippen molar-refractivity contribution in [3.05, 3.63) is 59.9 Å². The van der Waals surface area contributed by atoms with Crippen LogP contribution in [0.25, 0.3) is 0 Å². The maximum atomic E-state index is 11.8. The number of nitrogens with one attached hydrogen (secondary N) is 2. The predicted molar refractivity (Wildman–Crippen MR) is 92.9 cm³/mol. The minimum Gasteiger partial charge on any atom is -0.399 e. The van der Waals surface area contributed by atoms with Crippen molar-refractivity contribution < 1.29 is 9.59 Å². The Balaban J connectivity index is 1.60. The smallest absolute Gasteiger partial charge is 0.222 e. The van der Waals surface area contributed by atoms with Gasteiger partial charge in [0.15, 0.2) is 0 Å². The lowest BCUT2D eigenvalue weighted by atomic mass is 10.1. The average Bonchev–Trinajstić information content (AvgIpc) is 2.60. The van der Waals surface area contributed by atoms with E-state index in [0.29, 0.717) is 31.6 Å². The lowest BCUT2D eigenvalue weighted by Gasteiger charge is -2.08. The number of para-hydroxylation sites is 1. The molecule has 0 bridgehead atoms.